The molecule has 8 heteroatoms. The number of aryl methyl sites for hydroxylation is 1. The Labute approximate surface area is 189 Å². The molecule has 0 aliphatic carbocycles. The first kappa shape index (κ1) is 23.4. The summed E-state index contributed by atoms with van der Waals surface area (Å²) in [4.78, 5) is 13.0. The van der Waals surface area contributed by atoms with Crippen LogP contribution in [0.5, 0.6) is 5.75 Å². The Morgan fingerprint density at radius 3 is 2.52 bits per heavy atom. The number of nitrogens with one attached hydrogen (secondary N) is 1. The lowest BCUT2D eigenvalue weighted by atomic mass is 9.83. The van der Waals surface area contributed by atoms with Crippen molar-refractivity contribution in [1.82, 2.24) is 5.32 Å². The van der Waals surface area contributed by atoms with Gasteiger partial charge in [0.25, 0.3) is 0 Å². The monoisotopic (exact) mass is 464 g/mol. The molecule has 0 spiro atoms. The standard InChI is InChI=1S/C23H29ClN2O4S/c1-5-23(6-2)14-19(18-9-7-8-10-21(18)30-23)25-22(27)15-26(31(4,28)29)20-12-11-17(24)13-16(20)3/h7-13,19H,5-6,14-15H2,1-4H3,(H,25,27). The number of carbonyl (C=O) groups is 1. The Morgan fingerprint density at radius 1 is 1.23 bits per heavy atom. The zero-order valence-electron chi connectivity index (χ0n) is 18.3. The van der Waals surface area contributed by atoms with Crippen molar-refractivity contribution in [2.45, 2.75) is 51.7 Å². The highest BCUT2D eigenvalue weighted by Crippen LogP contribution is 2.42. The van der Waals surface area contributed by atoms with Crippen LogP contribution < -0.4 is 14.4 Å². The van der Waals surface area contributed by atoms with E-state index in [0.717, 1.165) is 34.7 Å². The van der Waals surface area contributed by atoms with Crippen LogP contribution in [0.4, 0.5) is 5.69 Å². The van der Waals surface area contributed by atoms with Crippen molar-refractivity contribution < 1.29 is 17.9 Å². The highest BCUT2D eigenvalue weighted by molar-refractivity contribution is 7.92. The summed E-state index contributed by atoms with van der Waals surface area (Å²) in [7, 11) is -3.68. The number of benzene rings is 2. The Balaban J connectivity index is 1.87. The van der Waals surface area contributed by atoms with Gasteiger partial charge in [0.1, 0.15) is 17.9 Å². The van der Waals surface area contributed by atoms with Crippen LogP contribution in [0.15, 0.2) is 42.5 Å². The zero-order valence-corrected chi connectivity index (χ0v) is 19.9. The van der Waals surface area contributed by atoms with E-state index in [0.29, 0.717) is 22.7 Å². The van der Waals surface area contributed by atoms with Crippen LogP contribution in [0.25, 0.3) is 0 Å². The summed E-state index contributed by atoms with van der Waals surface area (Å²) in [6.07, 6.45) is 3.34. The number of carbonyl (C=O) groups excluding carboxylic acids is 1. The molecule has 1 amide bonds. The maximum absolute atomic E-state index is 13.0. The van der Waals surface area contributed by atoms with E-state index in [-0.39, 0.29) is 24.1 Å². The molecule has 1 aliphatic rings. The fourth-order valence-corrected chi connectivity index (χ4v) is 5.22. The predicted molar refractivity (Wildman–Crippen MR) is 124 cm³/mol. The molecule has 168 valence electrons. The Morgan fingerprint density at radius 2 is 1.90 bits per heavy atom. The fourth-order valence-electron chi connectivity index (χ4n) is 4.08. The normalized spacial score (nSPS) is 17.4. The number of amides is 1. The van der Waals surface area contributed by atoms with Gasteiger partial charge in [0.05, 0.1) is 18.0 Å². The third-order valence-corrected chi connectivity index (χ3v) is 7.30. The number of nitrogens with zero attached hydrogens (tertiary/aromatic N) is 1. The average molecular weight is 465 g/mol. The van der Waals surface area contributed by atoms with Crippen molar-refractivity contribution in [3.8, 4) is 5.75 Å². The van der Waals surface area contributed by atoms with Crippen molar-refractivity contribution in [2.24, 2.45) is 0 Å². The number of para-hydroxylation sites is 1. The summed E-state index contributed by atoms with van der Waals surface area (Å²) in [5.74, 6) is 0.388. The summed E-state index contributed by atoms with van der Waals surface area (Å²) in [6.45, 7) is 5.60. The number of ether oxygens (including phenoxy) is 1. The number of anilines is 1. The quantitative estimate of drug-likeness (QED) is 0.649. The van der Waals surface area contributed by atoms with E-state index < -0.39 is 10.0 Å². The molecule has 6 nitrogen and oxygen atoms in total. The third kappa shape index (κ3) is 5.15. The van der Waals surface area contributed by atoms with Crippen LogP contribution in [0.1, 0.15) is 50.3 Å². The molecule has 2 aromatic rings. The van der Waals surface area contributed by atoms with E-state index in [4.69, 9.17) is 16.3 Å². The van der Waals surface area contributed by atoms with Gasteiger partial charge in [-0.2, -0.15) is 0 Å². The van der Waals surface area contributed by atoms with Gasteiger partial charge in [-0.25, -0.2) is 8.42 Å². The number of fused-ring (bicyclic) bond motifs is 1. The highest BCUT2D eigenvalue weighted by atomic mass is 35.5. The predicted octanol–water partition coefficient (Wildman–Crippen LogP) is 4.61. The molecule has 3 rings (SSSR count). The van der Waals surface area contributed by atoms with Crippen molar-refractivity contribution >= 4 is 33.2 Å². The van der Waals surface area contributed by atoms with Gasteiger partial charge < -0.3 is 10.1 Å². The molecule has 0 saturated carbocycles. The summed E-state index contributed by atoms with van der Waals surface area (Å²) in [5.41, 5.74) is 1.65. The highest BCUT2D eigenvalue weighted by Gasteiger charge is 2.39. The largest absolute Gasteiger partial charge is 0.487 e. The maximum Gasteiger partial charge on any atom is 0.241 e. The third-order valence-electron chi connectivity index (χ3n) is 5.94. The minimum Gasteiger partial charge on any atom is -0.487 e. The molecule has 1 aliphatic heterocycles. The summed E-state index contributed by atoms with van der Waals surface area (Å²) in [5, 5.41) is 3.56. The topological polar surface area (TPSA) is 75.7 Å². The van der Waals surface area contributed by atoms with E-state index in [1.165, 1.54) is 0 Å². The SMILES string of the molecule is CCC1(CC)CC(NC(=O)CN(c2ccc(Cl)cc2C)S(C)(=O)=O)c2ccccc2O1. The minimum atomic E-state index is -3.68. The maximum atomic E-state index is 13.0. The van der Waals surface area contributed by atoms with Gasteiger partial charge in [0.2, 0.25) is 15.9 Å². The molecule has 1 unspecified atom stereocenters. The van der Waals surface area contributed by atoms with Crippen LogP contribution >= 0.6 is 11.6 Å². The number of rotatable bonds is 7. The average Bonchev–Trinajstić information content (AvgIpc) is 2.71. The second-order valence-electron chi connectivity index (χ2n) is 8.05. The molecule has 0 radical (unpaired) electrons. The first-order valence-corrected chi connectivity index (χ1v) is 12.6. The molecule has 1 atom stereocenters. The number of sulfonamides is 1. The van der Waals surface area contributed by atoms with Crippen LogP contribution in [-0.2, 0) is 14.8 Å². The van der Waals surface area contributed by atoms with E-state index >= 15 is 0 Å². The van der Waals surface area contributed by atoms with Gasteiger partial charge in [0.15, 0.2) is 0 Å². The second-order valence-corrected chi connectivity index (χ2v) is 10.4. The van der Waals surface area contributed by atoms with Crippen LogP contribution in [0, 0.1) is 6.92 Å². The molecule has 2 aromatic carbocycles. The smallest absolute Gasteiger partial charge is 0.241 e. The lowest BCUT2D eigenvalue weighted by Gasteiger charge is -2.41. The van der Waals surface area contributed by atoms with E-state index in [2.05, 4.69) is 19.2 Å². The molecule has 1 heterocycles. The first-order valence-electron chi connectivity index (χ1n) is 10.4. The fraction of sp³-hybridized carbons (Fsp3) is 0.435. The summed E-state index contributed by atoms with van der Waals surface area (Å²) >= 11 is 6.01. The van der Waals surface area contributed by atoms with E-state index in [9.17, 15) is 13.2 Å². The zero-order chi connectivity index (χ0) is 22.8. The number of halogens is 1. The second kappa shape index (κ2) is 9.09. The van der Waals surface area contributed by atoms with Gasteiger partial charge in [-0.3, -0.25) is 9.10 Å². The molecule has 0 saturated heterocycles. The summed E-state index contributed by atoms with van der Waals surface area (Å²) in [6, 6.07) is 12.3. The Bertz CT molecular complexity index is 1070. The lowest BCUT2D eigenvalue weighted by molar-refractivity contribution is -0.121. The molecule has 31 heavy (non-hydrogen) atoms. The van der Waals surface area contributed by atoms with Crippen LogP contribution in [0.2, 0.25) is 5.02 Å². The number of hydrogen-bond donors (Lipinski definition) is 1. The van der Waals surface area contributed by atoms with E-state index in [1.54, 1.807) is 25.1 Å². The van der Waals surface area contributed by atoms with Crippen molar-refractivity contribution in [1.29, 1.82) is 0 Å². The first-order chi connectivity index (χ1) is 14.6. The molecule has 1 N–H and O–H groups in total. The Kier molecular flexibility index (Phi) is 6.86. The van der Waals surface area contributed by atoms with Gasteiger partial charge in [-0.05, 0) is 49.6 Å². The van der Waals surface area contributed by atoms with Crippen molar-refractivity contribution in [2.75, 3.05) is 17.1 Å². The van der Waals surface area contributed by atoms with Crippen LogP contribution in [-0.4, -0.2) is 32.7 Å². The minimum absolute atomic E-state index is 0.259. The van der Waals surface area contributed by atoms with Gasteiger partial charge >= 0.3 is 0 Å². The molecular formula is C23H29ClN2O4S. The molecule has 0 bridgehead atoms. The Hall–Kier alpha value is -2.25. The number of hydrogen-bond acceptors (Lipinski definition) is 4. The van der Waals surface area contributed by atoms with Gasteiger partial charge in [0, 0.05) is 17.0 Å². The van der Waals surface area contributed by atoms with Gasteiger partial charge in [-0.1, -0.05) is 43.6 Å². The lowest BCUT2D eigenvalue weighted by Crippen LogP contribution is -2.47. The van der Waals surface area contributed by atoms with Crippen LogP contribution in [0.3, 0.4) is 0 Å². The van der Waals surface area contributed by atoms with Crippen molar-refractivity contribution in [3.05, 3.63) is 58.6 Å². The summed E-state index contributed by atoms with van der Waals surface area (Å²) < 4.78 is 32.4. The van der Waals surface area contributed by atoms with E-state index in [1.807, 2.05) is 24.3 Å². The molecular weight excluding hydrogens is 436 g/mol. The van der Waals surface area contributed by atoms with Gasteiger partial charge in [-0.15, -0.1) is 0 Å². The molecule has 0 aromatic heterocycles. The van der Waals surface area contributed by atoms with Crippen molar-refractivity contribution in [3.63, 3.8) is 0 Å². The molecule has 0 fully saturated rings.